The highest BCUT2D eigenvalue weighted by Crippen LogP contribution is 2.34. The molecule has 1 aromatic heterocycles. The van der Waals surface area contributed by atoms with E-state index < -0.39 is 0 Å². The molecule has 0 aliphatic rings. The normalized spacial score (nSPS) is 10.5. The van der Waals surface area contributed by atoms with Gasteiger partial charge in [0.25, 0.3) is 5.91 Å². The zero-order chi connectivity index (χ0) is 16.4. The molecule has 3 rings (SSSR count). The van der Waals surface area contributed by atoms with Crippen LogP contribution < -0.4 is 5.32 Å². The van der Waals surface area contributed by atoms with Crippen molar-refractivity contribution in [3.8, 4) is 11.1 Å². The van der Waals surface area contributed by atoms with Crippen LogP contribution in [0.3, 0.4) is 0 Å². The fraction of sp³-hybridized carbons (Fsp3) is 0.0526. The van der Waals surface area contributed by atoms with Crippen molar-refractivity contribution in [1.82, 2.24) is 10.3 Å². The summed E-state index contributed by atoms with van der Waals surface area (Å²) >= 11 is 0. The number of aromatic nitrogens is 1. The molecule has 0 unspecified atom stereocenters. The first kappa shape index (κ1) is 14.9. The number of carbonyl (C=O) groups excluding carboxylic acids is 1. The van der Waals surface area contributed by atoms with Gasteiger partial charge in [-0.25, -0.2) is 4.39 Å². The largest absolute Gasteiger partial charge is 0.355 e. The highest BCUT2D eigenvalue weighted by Gasteiger charge is 2.18. The van der Waals surface area contributed by atoms with Crippen LogP contribution in [0.4, 0.5) is 4.39 Å². The molecule has 0 saturated carbocycles. The number of hydrogen-bond donors (Lipinski definition) is 1. The minimum atomic E-state index is -0.359. The second-order valence-corrected chi connectivity index (χ2v) is 5.08. The van der Waals surface area contributed by atoms with Crippen molar-refractivity contribution in [1.29, 1.82) is 0 Å². The topological polar surface area (TPSA) is 42.0 Å². The quantitative estimate of drug-likeness (QED) is 0.793. The van der Waals surface area contributed by atoms with Crippen molar-refractivity contribution in [2.75, 3.05) is 7.05 Å². The number of benzene rings is 2. The first-order chi connectivity index (χ1) is 11.2. The van der Waals surface area contributed by atoms with Crippen LogP contribution in [0.2, 0.25) is 0 Å². The Morgan fingerprint density at radius 1 is 1.26 bits per heavy atom. The standard InChI is InChI=1S/C19H15FN2O/c1-3-12-11-16(19(23)21-2)17(13-6-4-7-14(20)10-13)18-15(12)8-5-9-22-18/h3-11H,1H2,2H3,(H,21,23). The first-order valence-corrected chi connectivity index (χ1v) is 7.18. The molecule has 0 radical (unpaired) electrons. The molecule has 0 aliphatic carbocycles. The third-order valence-corrected chi connectivity index (χ3v) is 3.73. The molecule has 0 fully saturated rings. The number of halogens is 1. The molecule has 1 amide bonds. The Morgan fingerprint density at radius 2 is 2.09 bits per heavy atom. The lowest BCUT2D eigenvalue weighted by Crippen LogP contribution is -2.19. The Hall–Kier alpha value is -3.01. The summed E-state index contributed by atoms with van der Waals surface area (Å²) in [7, 11) is 1.56. The maximum atomic E-state index is 13.7. The van der Waals surface area contributed by atoms with E-state index in [2.05, 4.69) is 16.9 Å². The van der Waals surface area contributed by atoms with Gasteiger partial charge in [-0.3, -0.25) is 9.78 Å². The molecule has 4 heteroatoms. The van der Waals surface area contributed by atoms with Gasteiger partial charge in [-0.05, 0) is 35.4 Å². The van der Waals surface area contributed by atoms with E-state index in [-0.39, 0.29) is 11.7 Å². The summed E-state index contributed by atoms with van der Waals surface area (Å²) in [5.41, 5.74) is 3.13. The lowest BCUT2D eigenvalue weighted by molar-refractivity contribution is 0.0964. The zero-order valence-electron chi connectivity index (χ0n) is 12.6. The van der Waals surface area contributed by atoms with E-state index >= 15 is 0 Å². The van der Waals surface area contributed by atoms with Gasteiger partial charge < -0.3 is 5.32 Å². The van der Waals surface area contributed by atoms with Gasteiger partial charge in [0, 0.05) is 29.8 Å². The highest BCUT2D eigenvalue weighted by molar-refractivity contribution is 6.10. The Labute approximate surface area is 133 Å². The number of amides is 1. The van der Waals surface area contributed by atoms with Gasteiger partial charge in [0.2, 0.25) is 0 Å². The Morgan fingerprint density at radius 3 is 2.78 bits per heavy atom. The third-order valence-electron chi connectivity index (χ3n) is 3.73. The van der Waals surface area contributed by atoms with Crippen molar-refractivity contribution in [2.45, 2.75) is 0 Å². The van der Waals surface area contributed by atoms with Crippen molar-refractivity contribution < 1.29 is 9.18 Å². The molecular weight excluding hydrogens is 291 g/mol. The molecule has 0 bridgehead atoms. The lowest BCUT2D eigenvalue weighted by atomic mass is 9.92. The SMILES string of the molecule is C=Cc1cc(C(=O)NC)c(-c2cccc(F)c2)c2ncccc12. The van der Waals surface area contributed by atoms with E-state index in [9.17, 15) is 9.18 Å². The number of rotatable bonds is 3. The maximum Gasteiger partial charge on any atom is 0.251 e. The molecule has 1 heterocycles. The van der Waals surface area contributed by atoms with Gasteiger partial charge >= 0.3 is 0 Å². The van der Waals surface area contributed by atoms with Crippen molar-refractivity contribution >= 4 is 22.9 Å². The second kappa shape index (κ2) is 6.01. The van der Waals surface area contributed by atoms with Gasteiger partial charge in [-0.15, -0.1) is 0 Å². The molecule has 114 valence electrons. The predicted molar refractivity (Wildman–Crippen MR) is 90.6 cm³/mol. The monoisotopic (exact) mass is 306 g/mol. The minimum absolute atomic E-state index is 0.250. The molecular formula is C19H15FN2O. The summed E-state index contributed by atoms with van der Waals surface area (Å²) in [6.07, 6.45) is 3.34. The molecule has 0 aliphatic heterocycles. The molecule has 0 saturated heterocycles. The fourth-order valence-electron chi connectivity index (χ4n) is 2.69. The Bertz CT molecular complexity index is 918. The number of nitrogens with zero attached hydrogens (tertiary/aromatic N) is 1. The molecule has 2 aromatic carbocycles. The minimum Gasteiger partial charge on any atom is -0.355 e. The van der Waals surface area contributed by atoms with Gasteiger partial charge in [-0.1, -0.05) is 30.9 Å². The van der Waals surface area contributed by atoms with Crippen molar-refractivity contribution in [3.05, 3.63) is 72.2 Å². The Balaban J connectivity index is 2.46. The predicted octanol–water partition coefficient (Wildman–Crippen LogP) is 4.04. The van der Waals surface area contributed by atoms with E-state index in [1.165, 1.54) is 12.1 Å². The Kier molecular flexibility index (Phi) is 3.89. The molecule has 23 heavy (non-hydrogen) atoms. The molecule has 0 spiro atoms. The van der Waals surface area contributed by atoms with Crippen LogP contribution in [0.1, 0.15) is 15.9 Å². The third kappa shape index (κ3) is 2.59. The number of pyridine rings is 1. The average molecular weight is 306 g/mol. The number of hydrogen-bond acceptors (Lipinski definition) is 2. The molecule has 3 nitrogen and oxygen atoms in total. The van der Waals surface area contributed by atoms with E-state index in [1.54, 1.807) is 37.5 Å². The summed E-state index contributed by atoms with van der Waals surface area (Å²) in [5, 5.41) is 3.50. The van der Waals surface area contributed by atoms with E-state index in [4.69, 9.17) is 0 Å². The van der Waals surface area contributed by atoms with E-state index in [0.29, 0.717) is 22.2 Å². The lowest BCUT2D eigenvalue weighted by Gasteiger charge is -2.14. The van der Waals surface area contributed by atoms with E-state index in [1.807, 2.05) is 12.1 Å². The van der Waals surface area contributed by atoms with Gasteiger partial charge in [0.1, 0.15) is 5.82 Å². The van der Waals surface area contributed by atoms with Gasteiger partial charge in [-0.2, -0.15) is 0 Å². The van der Waals surface area contributed by atoms with Gasteiger partial charge in [0.05, 0.1) is 5.52 Å². The summed E-state index contributed by atoms with van der Waals surface area (Å²) in [6.45, 7) is 3.80. The highest BCUT2D eigenvalue weighted by atomic mass is 19.1. The number of fused-ring (bicyclic) bond motifs is 1. The smallest absolute Gasteiger partial charge is 0.251 e. The number of nitrogens with one attached hydrogen (secondary N) is 1. The van der Waals surface area contributed by atoms with Crippen LogP contribution in [0.25, 0.3) is 28.1 Å². The van der Waals surface area contributed by atoms with Crippen molar-refractivity contribution in [2.24, 2.45) is 0 Å². The summed E-state index contributed by atoms with van der Waals surface area (Å²) in [6, 6.07) is 11.7. The van der Waals surface area contributed by atoms with Crippen LogP contribution in [-0.2, 0) is 0 Å². The van der Waals surface area contributed by atoms with Crippen LogP contribution in [0.5, 0.6) is 0 Å². The van der Waals surface area contributed by atoms with Crippen LogP contribution in [0, 0.1) is 5.82 Å². The van der Waals surface area contributed by atoms with Crippen molar-refractivity contribution in [3.63, 3.8) is 0 Å². The maximum absolute atomic E-state index is 13.7. The molecule has 0 atom stereocenters. The summed E-state index contributed by atoms with van der Waals surface area (Å²) in [5.74, 6) is -0.609. The van der Waals surface area contributed by atoms with Crippen LogP contribution in [0.15, 0.2) is 55.2 Å². The fourth-order valence-corrected chi connectivity index (χ4v) is 2.69. The van der Waals surface area contributed by atoms with Crippen LogP contribution >= 0.6 is 0 Å². The van der Waals surface area contributed by atoms with Gasteiger partial charge in [0.15, 0.2) is 0 Å². The second-order valence-electron chi connectivity index (χ2n) is 5.08. The zero-order valence-corrected chi connectivity index (χ0v) is 12.6. The first-order valence-electron chi connectivity index (χ1n) is 7.18. The number of carbonyl (C=O) groups is 1. The average Bonchev–Trinajstić information content (AvgIpc) is 2.59. The van der Waals surface area contributed by atoms with Crippen LogP contribution in [-0.4, -0.2) is 17.9 Å². The molecule has 1 N–H and O–H groups in total. The molecule has 3 aromatic rings. The summed E-state index contributed by atoms with van der Waals surface area (Å²) in [4.78, 5) is 16.8. The van der Waals surface area contributed by atoms with E-state index in [0.717, 1.165) is 10.9 Å². The summed E-state index contributed by atoms with van der Waals surface area (Å²) < 4.78 is 13.7.